The molecule has 0 spiro atoms. The van der Waals surface area contributed by atoms with Crippen molar-refractivity contribution in [1.29, 1.82) is 0 Å². The first-order valence-electron chi connectivity index (χ1n) is 11.0. The first-order chi connectivity index (χ1) is 13.9. The van der Waals surface area contributed by atoms with Crippen LogP contribution in [0.5, 0.6) is 11.5 Å². The fraction of sp³-hybridized carbons (Fsp3) is 0.727. The molecule has 5 aliphatic rings. The van der Waals surface area contributed by atoms with Crippen LogP contribution in [-0.4, -0.2) is 58.7 Å². The molecule has 0 aromatic heterocycles. The maximum absolute atomic E-state index is 13.2. The van der Waals surface area contributed by atoms with E-state index in [1.165, 1.54) is 45.6 Å². The Bertz CT molecular complexity index is 842. The lowest BCUT2D eigenvalue weighted by Crippen LogP contribution is -3.23. The zero-order valence-corrected chi connectivity index (χ0v) is 18.3. The summed E-state index contributed by atoms with van der Waals surface area (Å²) in [5.74, 6) is 3.79. The SMILES string of the molecule is COc1ccc(S(=O)(=O)N2CC[NH+](C34CC5CC(CC(C5)C3)C4)CC2)cc1OC. The van der Waals surface area contributed by atoms with Crippen molar-refractivity contribution in [3.05, 3.63) is 18.2 Å². The molecule has 6 nitrogen and oxygen atoms in total. The molecule has 0 amide bonds. The molecule has 7 heteroatoms. The molecule has 0 unspecified atom stereocenters. The number of hydrogen-bond acceptors (Lipinski definition) is 4. The molecule has 160 valence electrons. The molecule has 5 fully saturated rings. The summed E-state index contributed by atoms with van der Waals surface area (Å²) in [5.41, 5.74) is 0.438. The van der Waals surface area contributed by atoms with Gasteiger partial charge in [-0.25, -0.2) is 8.42 Å². The molecule has 1 heterocycles. The van der Waals surface area contributed by atoms with E-state index in [4.69, 9.17) is 9.47 Å². The van der Waals surface area contributed by atoms with Crippen LogP contribution >= 0.6 is 0 Å². The van der Waals surface area contributed by atoms with Gasteiger partial charge in [0.15, 0.2) is 11.5 Å². The molecule has 6 rings (SSSR count). The van der Waals surface area contributed by atoms with Crippen molar-refractivity contribution in [3.63, 3.8) is 0 Å². The van der Waals surface area contributed by atoms with Gasteiger partial charge < -0.3 is 14.4 Å². The summed E-state index contributed by atoms with van der Waals surface area (Å²) in [6, 6.07) is 4.87. The highest BCUT2D eigenvalue weighted by atomic mass is 32.2. The number of sulfonamides is 1. The Morgan fingerprint density at radius 3 is 2.00 bits per heavy atom. The molecular formula is C22H33N2O4S+. The van der Waals surface area contributed by atoms with E-state index in [-0.39, 0.29) is 4.90 Å². The van der Waals surface area contributed by atoms with Gasteiger partial charge in [0.1, 0.15) is 0 Å². The van der Waals surface area contributed by atoms with Crippen molar-refractivity contribution >= 4 is 10.0 Å². The van der Waals surface area contributed by atoms with Crippen molar-refractivity contribution in [2.75, 3.05) is 40.4 Å². The third-order valence-electron chi connectivity index (χ3n) is 8.11. The fourth-order valence-electron chi connectivity index (χ4n) is 7.20. The van der Waals surface area contributed by atoms with Gasteiger partial charge in [-0.05, 0) is 49.1 Å². The molecule has 4 saturated carbocycles. The largest absolute Gasteiger partial charge is 0.493 e. The van der Waals surface area contributed by atoms with Crippen LogP contribution in [0.15, 0.2) is 23.1 Å². The van der Waals surface area contributed by atoms with E-state index in [0.717, 1.165) is 30.8 Å². The second kappa shape index (κ2) is 7.13. The lowest BCUT2D eigenvalue weighted by atomic mass is 9.52. The topological polar surface area (TPSA) is 60.3 Å². The normalized spacial score (nSPS) is 35.0. The molecule has 0 atom stereocenters. The number of methoxy groups -OCH3 is 2. The predicted octanol–water partition coefficient (Wildman–Crippen LogP) is 1.56. The van der Waals surface area contributed by atoms with E-state index < -0.39 is 10.0 Å². The van der Waals surface area contributed by atoms with Crippen LogP contribution in [0.2, 0.25) is 0 Å². The number of benzene rings is 1. The maximum atomic E-state index is 13.2. The monoisotopic (exact) mass is 421 g/mol. The average molecular weight is 422 g/mol. The van der Waals surface area contributed by atoms with E-state index in [9.17, 15) is 8.42 Å². The van der Waals surface area contributed by atoms with Crippen LogP contribution < -0.4 is 14.4 Å². The molecule has 1 N–H and O–H groups in total. The Hall–Kier alpha value is -1.31. The fourth-order valence-corrected chi connectivity index (χ4v) is 8.65. The van der Waals surface area contributed by atoms with Crippen molar-refractivity contribution in [2.24, 2.45) is 17.8 Å². The van der Waals surface area contributed by atoms with Gasteiger partial charge in [0.2, 0.25) is 10.0 Å². The number of nitrogens with zero attached hydrogens (tertiary/aromatic N) is 1. The maximum Gasteiger partial charge on any atom is 0.243 e. The first-order valence-corrected chi connectivity index (χ1v) is 12.4. The van der Waals surface area contributed by atoms with Gasteiger partial charge in [0.25, 0.3) is 0 Å². The van der Waals surface area contributed by atoms with E-state index in [0.29, 0.717) is 30.1 Å². The van der Waals surface area contributed by atoms with Crippen LogP contribution in [-0.2, 0) is 10.0 Å². The summed E-state index contributed by atoms with van der Waals surface area (Å²) in [6.07, 6.45) is 8.47. The van der Waals surface area contributed by atoms with Crippen LogP contribution in [0.3, 0.4) is 0 Å². The summed E-state index contributed by atoms with van der Waals surface area (Å²) in [6.45, 7) is 3.07. The molecule has 0 radical (unpaired) electrons. The number of ether oxygens (including phenoxy) is 2. The minimum Gasteiger partial charge on any atom is -0.493 e. The Morgan fingerprint density at radius 1 is 0.931 bits per heavy atom. The van der Waals surface area contributed by atoms with E-state index >= 15 is 0 Å². The van der Waals surface area contributed by atoms with Gasteiger partial charge in [-0.15, -0.1) is 0 Å². The van der Waals surface area contributed by atoms with Crippen LogP contribution in [0.25, 0.3) is 0 Å². The lowest BCUT2D eigenvalue weighted by molar-refractivity contribution is -0.962. The van der Waals surface area contributed by atoms with Gasteiger partial charge in [-0.2, -0.15) is 4.31 Å². The Kier molecular flexibility index (Phi) is 4.83. The molecule has 1 aliphatic heterocycles. The highest BCUT2D eigenvalue weighted by molar-refractivity contribution is 7.89. The van der Waals surface area contributed by atoms with Crippen LogP contribution in [0.4, 0.5) is 0 Å². The smallest absolute Gasteiger partial charge is 0.243 e. The zero-order valence-electron chi connectivity index (χ0n) is 17.5. The Balaban J connectivity index is 1.30. The van der Waals surface area contributed by atoms with Crippen molar-refractivity contribution in [2.45, 2.75) is 49.0 Å². The van der Waals surface area contributed by atoms with Gasteiger partial charge in [0.05, 0.1) is 50.8 Å². The minimum atomic E-state index is -3.51. The Labute approximate surface area is 174 Å². The minimum absolute atomic E-state index is 0.286. The second-order valence-corrected chi connectivity index (χ2v) is 11.7. The molecule has 1 saturated heterocycles. The number of piperazine rings is 1. The number of nitrogens with one attached hydrogen (secondary N) is 1. The lowest BCUT2D eigenvalue weighted by Gasteiger charge is -2.59. The van der Waals surface area contributed by atoms with Gasteiger partial charge in [-0.1, -0.05) is 0 Å². The van der Waals surface area contributed by atoms with E-state index in [1.54, 1.807) is 34.5 Å². The predicted molar refractivity (Wildman–Crippen MR) is 110 cm³/mol. The van der Waals surface area contributed by atoms with E-state index in [2.05, 4.69) is 0 Å². The van der Waals surface area contributed by atoms with Gasteiger partial charge in [0, 0.05) is 25.3 Å². The quantitative estimate of drug-likeness (QED) is 0.784. The molecule has 1 aromatic rings. The standard InChI is InChI=1S/C22H32N2O4S/c1-27-20-4-3-19(12-21(20)28-2)29(25,26)24-7-5-23(6-8-24)22-13-16-9-17(14-22)11-18(10-16)15-22/h3-4,12,16-18H,5-11,13-15H2,1-2H3/p+1. The van der Waals surface area contributed by atoms with Crippen LogP contribution in [0.1, 0.15) is 38.5 Å². The van der Waals surface area contributed by atoms with Crippen molar-refractivity contribution < 1.29 is 22.8 Å². The highest BCUT2D eigenvalue weighted by Gasteiger charge is 2.56. The molecule has 4 aliphatic carbocycles. The molecular weight excluding hydrogens is 388 g/mol. The third-order valence-corrected chi connectivity index (χ3v) is 10.0. The van der Waals surface area contributed by atoms with Crippen molar-refractivity contribution in [3.8, 4) is 11.5 Å². The molecule has 1 aromatic carbocycles. The third kappa shape index (κ3) is 3.26. The summed E-state index contributed by atoms with van der Waals surface area (Å²) < 4.78 is 38.7. The van der Waals surface area contributed by atoms with Gasteiger partial charge in [-0.3, -0.25) is 0 Å². The second-order valence-electron chi connectivity index (χ2n) is 9.72. The molecule has 4 bridgehead atoms. The highest BCUT2D eigenvalue weighted by Crippen LogP contribution is 2.54. The Morgan fingerprint density at radius 2 is 1.48 bits per heavy atom. The summed E-state index contributed by atoms with van der Waals surface area (Å²) in [4.78, 5) is 1.96. The number of rotatable bonds is 5. The summed E-state index contributed by atoms with van der Waals surface area (Å²) in [5, 5.41) is 0. The summed E-state index contributed by atoms with van der Waals surface area (Å²) in [7, 11) is -0.431. The van der Waals surface area contributed by atoms with Gasteiger partial charge >= 0.3 is 0 Å². The molecule has 29 heavy (non-hydrogen) atoms. The summed E-state index contributed by atoms with van der Waals surface area (Å²) >= 11 is 0. The average Bonchev–Trinajstić information content (AvgIpc) is 2.72. The van der Waals surface area contributed by atoms with Crippen LogP contribution in [0, 0.1) is 17.8 Å². The van der Waals surface area contributed by atoms with Crippen molar-refractivity contribution in [1.82, 2.24) is 4.31 Å². The number of quaternary nitrogens is 1. The first kappa shape index (κ1) is 19.6. The number of hydrogen-bond donors (Lipinski definition) is 1. The zero-order chi connectivity index (χ0) is 20.2. The van der Waals surface area contributed by atoms with E-state index in [1.807, 2.05) is 0 Å².